The second kappa shape index (κ2) is 6.75. The number of nitrogens with zero attached hydrogens (tertiary/aromatic N) is 2. The first-order valence-electron chi connectivity index (χ1n) is 6.61. The molecule has 2 aromatic rings. The zero-order valence-electron chi connectivity index (χ0n) is 11.8. The third-order valence-corrected chi connectivity index (χ3v) is 2.86. The highest BCUT2D eigenvalue weighted by molar-refractivity contribution is 5.77. The van der Waals surface area contributed by atoms with Crippen molar-refractivity contribution < 1.29 is 9.53 Å². The Labute approximate surface area is 118 Å². The van der Waals surface area contributed by atoms with Gasteiger partial charge in [0.1, 0.15) is 5.75 Å². The van der Waals surface area contributed by atoms with Crippen LogP contribution in [0, 0.1) is 13.8 Å². The highest BCUT2D eigenvalue weighted by Gasteiger charge is 2.04. The zero-order valence-corrected chi connectivity index (χ0v) is 11.8. The van der Waals surface area contributed by atoms with Crippen LogP contribution >= 0.6 is 0 Å². The number of hydrogen-bond donors (Lipinski definition) is 1. The number of aromatic nitrogens is 2. The van der Waals surface area contributed by atoms with E-state index in [4.69, 9.17) is 4.74 Å². The first-order valence-corrected chi connectivity index (χ1v) is 6.61. The van der Waals surface area contributed by atoms with Crippen LogP contribution in [0.15, 0.2) is 36.4 Å². The third kappa shape index (κ3) is 4.12. The average Bonchev–Trinajstić information content (AvgIpc) is 2.76. The normalized spacial score (nSPS) is 10.3. The molecule has 0 aliphatic rings. The molecule has 0 saturated carbocycles. The van der Waals surface area contributed by atoms with Crippen molar-refractivity contribution in [2.45, 2.75) is 20.4 Å². The molecule has 0 bridgehead atoms. The van der Waals surface area contributed by atoms with Crippen LogP contribution in [-0.2, 0) is 11.3 Å². The van der Waals surface area contributed by atoms with Crippen LogP contribution in [0.1, 0.15) is 11.4 Å². The first-order chi connectivity index (χ1) is 9.65. The van der Waals surface area contributed by atoms with Crippen LogP contribution < -0.4 is 10.1 Å². The monoisotopic (exact) mass is 273 g/mol. The summed E-state index contributed by atoms with van der Waals surface area (Å²) < 4.78 is 7.25. The van der Waals surface area contributed by atoms with Gasteiger partial charge in [-0.2, -0.15) is 5.10 Å². The number of aryl methyl sites for hydroxylation is 2. The van der Waals surface area contributed by atoms with Gasteiger partial charge in [-0.05, 0) is 32.0 Å². The Morgan fingerprint density at radius 1 is 1.30 bits per heavy atom. The number of rotatable bonds is 6. The molecule has 20 heavy (non-hydrogen) atoms. The maximum absolute atomic E-state index is 11.6. The number of carbonyl (C=O) groups is 1. The molecule has 0 fully saturated rings. The van der Waals surface area contributed by atoms with Gasteiger partial charge < -0.3 is 10.1 Å². The number of nitrogens with one attached hydrogen (secondary N) is 1. The van der Waals surface area contributed by atoms with Crippen LogP contribution in [0.3, 0.4) is 0 Å². The van der Waals surface area contributed by atoms with Crippen molar-refractivity contribution in [2.24, 2.45) is 0 Å². The molecule has 0 spiro atoms. The topological polar surface area (TPSA) is 56.2 Å². The molecule has 1 N–H and O–H groups in total. The van der Waals surface area contributed by atoms with Gasteiger partial charge in [0.2, 0.25) is 0 Å². The smallest absolute Gasteiger partial charge is 0.258 e. The lowest BCUT2D eigenvalue weighted by Crippen LogP contribution is -2.31. The van der Waals surface area contributed by atoms with E-state index in [1.807, 2.05) is 54.9 Å². The average molecular weight is 273 g/mol. The summed E-state index contributed by atoms with van der Waals surface area (Å²) in [5, 5.41) is 7.15. The molecule has 2 rings (SSSR count). The molecule has 5 nitrogen and oxygen atoms in total. The summed E-state index contributed by atoms with van der Waals surface area (Å²) in [7, 11) is 0. The molecular formula is C15H19N3O2. The van der Waals surface area contributed by atoms with E-state index in [9.17, 15) is 4.79 Å². The molecule has 0 atom stereocenters. The largest absolute Gasteiger partial charge is 0.484 e. The molecule has 0 unspecified atom stereocenters. The van der Waals surface area contributed by atoms with Gasteiger partial charge in [0.25, 0.3) is 5.91 Å². The molecule has 0 radical (unpaired) electrons. The highest BCUT2D eigenvalue weighted by Crippen LogP contribution is 2.07. The number of amides is 1. The van der Waals surface area contributed by atoms with Gasteiger partial charge >= 0.3 is 0 Å². The summed E-state index contributed by atoms with van der Waals surface area (Å²) in [5.41, 5.74) is 2.08. The quantitative estimate of drug-likeness (QED) is 0.871. The Morgan fingerprint density at radius 3 is 2.70 bits per heavy atom. The fraction of sp³-hybridized carbons (Fsp3) is 0.333. The van der Waals surface area contributed by atoms with Crippen molar-refractivity contribution in [2.75, 3.05) is 13.2 Å². The van der Waals surface area contributed by atoms with Crippen LogP contribution in [0.25, 0.3) is 0 Å². The number of carbonyl (C=O) groups excluding carboxylic acids is 1. The summed E-state index contributed by atoms with van der Waals surface area (Å²) in [6.45, 7) is 5.19. The molecule has 1 amide bonds. The van der Waals surface area contributed by atoms with Crippen molar-refractivity contribution >= 4 is 5.91 Å². The molecule has 106 valence electrons. The lowest BCUT2D eigenvalue weighted by atomic mass is 10.3. The maximum Gasteiger partial charge on any atom is 0.258 e. The summed E-state index contributed by atoms with van der Waals surface area (Å²) in [5.74, 6) is 0.566. The van der Waals surface area contributed by atoms with Gasteiger partial charge in [0.05, 0.1) is 12.2 Å². The third-order valence-electron chi connectivity index (χ3n) is 2.86. The van der Waals surface area contributed by atoms with Gasteiger partial charge in [0, 0.05) is 12.2 Å². The molecular weight excluding hydrogens is 254 g/mol. The van der Waals surface area contributed by atoms with Crippen molar-refractivity contribution in [3.05, 3.63) is 47.8 Å². The van der Waals surface area contributed by atoms with Crippen LogP contribution in [0.4, 0.5) is 0 Å². The van der Waals surface area contributed by atoms with Crippen LogP contribution in [-0.4, -0.2) is 28.8 Å². The molecule has 0 aliphatic heterocycles. The second-order valence-corrected chi connectivity index (χ2v) is 4.60. The second-order valence-electron chi connectivity index (χ2n) is 4.60. The number of para-hydroxylation sites is 1. The Balaban J connectivity index is 1.69. The number of benzene rings is 1. The summed E-state index contributed by atoms with van der Waals surface area (Å²) in [6.07, 6.45) is 0. The summed E-state index contributed by atoms with van der Waals surface area (Å²) in [6, 6.07) is 11.3. The minimum atomic E-state index is -0.129. The van der Waals surface area contributed by atoms with Crippen molar-refractivity contribution in [3.8, 4) is 5.75 Å². The predicted octanol–water partition coefficient (Wildman–Crippen LogP) is 1.70. The van der Waals surface area contributed by atoms with Crippen molar-refractivity contribution in [1.29, 1.82) is 0 Å². The number of hydrogen-bond acceptors (Lipinski definition) is 3. The molecule has 5 heteroatoms. The van der Waals surface area contributed by atoms with E-state index in [1.165, 1.54) is 0 Å². The van der Waals surface area contributed by atoms with Gasteiger partial charge in [0.15, 0.2) is 6.61 Å². The van der Waals surface area contributed by atoms with E-state index >= 15 is 0 Å². The number of ether oxygens (including phenoxy) is 1. The van der Waals surface area contributed by atoms with E-state index in [0.717, 1.165) is 11.4 Å². The fourth-order valence-corrected chi connectivity index (χ4v) is 1.92. The fourth-order valence-electron chi connectivity index (χ4n) is 1.92. The minimum absolute atomic E-state index is 0.0289. The van der Waals surface area contributed by atoms with Gasteiger partial charge in [-0.3, -0.25) is 9.48 Å². The maximum atomic E-state index is 11.6. The zero-order chi connectivity index (χ0) is 14.4. The van der Waals surface area contributed by atoms with E-state index in [0.29, 0.717) is 18.8 Å². The molecule has 0 saturated heterocycles. The molecule has 0 aliphatic carbocycles. The highest BCUT2D eigenvalue weighted by atomic mass is 16.5. The Morgan fingerprint density at radius 2 is 2.05 bits per heavy atom. The Bertz CT molecular complexity index is 564. The minimum Gasteiger partial charge on any atom is -0.484 e. The van der Waals surface area contributed by atoms with Gasteiger partial charge in [-0.15, -0.1) is 0 Å². The molecule has 1 aromatic heterocycles. The molecule has 1 aromatic carbocycles. The Kier molecular flexibility index (Phi) is 4.76. The lowest BCUT2D eigenvalue weighted by Gasteiger charge is -2.08. The first kappa shape index (κ1) is 14.1. The lowest BCUT2D eigenvalue weighted by molar-refractivity contribution is -0.123. The van der Waals surface area contributed by atoms with Gasteiger partial charge in [-0.25, -0.2) is 0 Å². The standard InChI is InChI=1S/C15H19N3O2/c1-12-10-13(2)18(17-12)9-8-16-15(19)11-20-14-6-4-3-5-7-14/h3-7,10H,8-9,11H2,1-2H3,(H,16,19). The van der Waals surface area contributed by atoms with Crippen molar-refractivity contribution in [3.63, 3.8) is 0 Å². The Hall–Kier alpha value is -2.30. The van der Waals surface area contributed by atoms with Crippen LogP contribution in [0.5, 0.6) is 5.75 Å². The predicted molar refractivity (Wildman–Crippen MR) is 76.6 cm³/mol. The molecule has 1 heterocycles. The summed E-state index contributed by atoms with van der Waals surface area (Å²) in [4.78, 5) is 11.6. The van der Waals surface area contributed by atoms with Gasteiger partial charge in [-0.1, -0.05) is 18.2 Å². The van der Waals surface area contributed by atoms with E-state index in [1.54, 1.807) is 0 Å². The van der Waals surface area contributed by atoms with E-state index in [2.05, 4.69) is 10.4 Å². The SMILES string of the molecule is Cc1cc(C)n(CCNC(=O)COc2ccccc2)n1. The van der Waals surface area contributed by atoms with E-state index < -0.39 is 0 Å². The van der Waals surface area contributed by atoms with E-state index in [-0.39, 0.29) is 12.5 Å². The summed E-state index contributed by atoms with van der Waals surface area (Å²) >= 11 is 0. The van der Waals surface area contributed by atoms with Crippen LogP contribution in [0.2, 0.25) is 0 Å². The van der Waals surface area contributed by atoms with Crippen molar-refractivity contribution in [1.82, 2.24) is 15.1 Å².